The number of imide groups is 1. The topological polar surface area (TPSA) is 208 Å². The normalized spacial score (nSPS) is 22.9. The number of hydrogen-bond acceptors (Lipinski definition) is 14. The van der Waals surface area contributed by atoms with Gasteiger partial charge in [0, 0.05) is 36.3 Å². The molecular formula is C63H60N4O13. The average molecular weight is 1080 g/mol. The number of esters is 1. The number of fused-ring (bicyclic) bond motifs is 4. The lowest BCUT2D eigenvalue weighted by atomic mass is 9.64. The molecule has 4 heterocycles. The first-order valence-corrected chi connectivity index (χ1v) is 27.0. The smallest absolute Gasteiger partial charge is 0.421 e. The number of aliphatic hydroxyl groups excluding tert-OH is 1. The van der Waals surface area contributed by atoms with E-state index >= 15 is 19.2 Å². The predicted molar refractivity (Wildman–Crippen MR) is 292 cm³/mol. The van der Waals surface area contributed by atoms with Gasteiger partial charge >= 0.3 is 12.1 Å². The molecule has 80 heavy (non-hydrogen) atoms. The number of morpholine rings is 1. The number of carbonyl (C=O) groups is 4. The van der Waals surface area contributed by atoms with Crippen LogP contribution in [0.1, 0.15) is 101 Å². The third-order valence-corrected chi connectivity index (χ3v) is 16.4. The monoisotopic (exact) mass is 1080 g/mol. The van der Waals surface area contributed by atoms with Crippen LogP contribution in [-0.4, -0.2) is 94.4 Å². The molecule has 0 aromatic heterocycles. The first-order chi connectivity index (χ1) is 38.9. The van der Waals surface area contributed by atoms with Gasteiger partial charge in [-0.05, 0) is 114 Å². The fourth-order valence-electron chi connectivity index (χ4n) is 12.7. The van der Waals surface area contributed by atoms with E-state index in [2.05, 4.69) is 11.8 Å². The predicted octanol–water partition coefficient (Wildman–Crippen LogP) is 9.01. The Hall–Kier alpha value is -8.56. The molecule has 3 amide bonds. The number of nitrogens with zero attached hydrogens (tertiary/aromatic N) is 4. The molecule has 6 aromatic carbocycles. The highest BCUT2D eigenvalue weighted by Crippen LogP contribution is 2.67. The van der Waals surface area contributed by atoms with Crippen molar-refractivity contribution in [2.45, 2.75) is 93.3 Å². The first-order valence-electron chi connectivity index (χ1n) is 27.0. The quantitative estimate of drug-likeness (QED) is 0.0386. The van der Waals surface area contributed by atoms with Crippen LogP contribution in [0.25, 0.3) is 0 Å². The molecule has 3 fully saturated rings. The Labute approximate surface area is 462 Å². The molecule has 6 unspecified atom stereocenters. The number of ether oxygens (including phenoxy) is 5. The van der Waals surface area contributed by atoms with Crippen molar-refractivity contribution in [1.82, 2.24) is 9.80 Å². The maximum atomic E-state index is 17.1. The number of benzene rings is 6. The summed E-state index contributed by atoms with van der Waals surface area (Å²) in [7, 11) is 3.07. The average Bonchev–Trinajstić information content (AvgIpc) is 3.37. The highest BCUT2D eigenvalue weighted by Gasteiger charge is 2.76. The molecule has 0 bridgehead atoms. The number of hydrogen-bond donors (Lipinski definition) is 2. The van der Waals surface area contributed by atoms with Gasteiger partial charge in [0.1, 0.15) is 42.1 Å². The molecule has 6 atom stereocenters. The molecule has 6 aromatic rings. The van der Waals surface area contributed by atoms with Gasteiger partial charge in [-0.1, -0.05) is 104 Å². The molecule has 2 N–H and O–H groups in total. The third kappa shape index (κ3) is 9.56. The van der Waals surface area contributed by atoms with Crippen LogP contribution in [0.2, 0.25) is 0 Å². The Morgan fingerprint density at radius 2 is 1.45 bits per heavy atom. The molecule has 4 aliphatic heterocycles. The second-order valence-corrected chi connectivity index (χ2v) is 20.9. The summed E-state index contributed by atoms with van der Waals surface area (Å²) in [6.07, 6.45) is 2.67. The van der Waals surface area contributed by atoms with Crippen molar-refractivity contribution in [3.05, 3.63) is 194 Å². The lowest BCUT2D eigenvalue weighted by molar-refractivity contribution is -0.384. The Bertz CT molecular complexity index is 3410. The molecule has 1 saturated carbocycles. The van der Waals surface area contributed by atoms with Crippen LogP contribution >= 0.6 is 0 Å². The van der Waals surface area contributed by atoms with Gasteiger partial charge in [0.25, 0.3) is 5.69 Å². The molecule has 11 rings (SSSR count). The number of non-ortho nitro benzene ring substituents is 1. The number of nitro groups is 1. The standard InChI is InChI=1S/C63H60N4O13/c1-76-51-36-44-28-32-64(38-45(44)37-52(51)77-2)58(69)53-55-59(70)80-56(43-17-9-6-10-18-43)54(42-15-7-5-8-16-42)66(55)57(47-19-11-12-20-50(47)78-34-33-68)63(53)48-35-40(27-31-62(73)29-13-3-4-14-30-62)23-26-49(48)65(60(63)71)61(72)79-39-41-21-24-46(25-22-41)67(74)75/h5-12,15-26,35-37,53-57,68,73H,3-4,13-14,28-30,32-34,38-39H2,1-2H3. The fraction of sp³-hybridized carbons (Fsp3) is 0.333. The molecule has 17 heteroatoms. The van der Waals surface area contributed by atoms with Gasteiger partial charge in [0.05, 0.1) is 49.4 Å². The molecule has 410 valence electrons. The van der Waals surface area contributed by atoms with Crippen molar-refractivity contribution in [2.24, 2.45) is 5.92 Å². The Kier molecular flexibility index (Phi) is 14.9. The number of cyclic esters (lactones) is 1. The van der Waals surface area contributed by atoms with Gasteiger partial charge in [0.15, 0.2) is 11.5 Å². The van der Waals surface area contributed by atoms with Crippen LogP contribution in [0.3, 0.4) is 0 Å². The Balaban J connectivity index is 1.18. The van der Waals surface area contributed by atoms with E-state index in [1.54, 1.807) is 54.5 Å². The van der Waals surface area contributed by atoms with Gasteiger partial charge in [-0.3, -0.25) is 29.4 Å². The summed E-state index contributed by atoms with van der Waals surface area (Å²) in [5.74, 6) is 3.71. The van der Waals surface area contributed by atoms with Crippen LogP contribution in [0.5, 0.6) is 17.2 Å². The van der Waals surface area contributed by atoms with Crippen molar-refractivity contribution in [2.75, 3.05) is 38.9 Å². The second kappa shape index (κ2) is 22.3. The van der Waals surface area contributed by atoms with Gasteiger partial charge < -0.3 is 38.8 Å². The van der Waals surface area contributed by atoms with E-state index in [4.69, 9.17) is 23.7 Å². The van der Waals surface area contributed by atoms with Crippen LogP contribution in [0.15, 0.2) is 140 Å². The van der Waals surface area contributed by atoms with Gasteiger partial charge in [-0.25, -0.2) is 9.69 Å². The largest absolute Gasteiger partial charge is 0.493 e. The highest BCUT2D eigenvalue weighted by atomic mass is 16.6. The second-order valence-electron chi connectivity index (χ2n) is 20.9. The van der Waals surface area contributed by atoms with E-state index in [1.807, 2.05) is 77.7 Å². The number of anilines is 1. The van der Waals surface area contributed by atoms with Crippen molar-refractivity contribution >= 4 is 35.3 Å². The maximum Gasteiger partial charge on any atom is 0.421 e. The van der Waals surface area contributed by atoms with E-state index < -0.39 is 76.6 Å². The molecule has 5 aliphatic rings. The van der Waals surface area contributed by atoms with E-state index in [1.165, 1.54) is 31.4 Å². The number of methoxy groups -OCH3 is 2. The van der Waals surface area contributed by atoms with Crippen LogP contribution in [0, 0.1) is 27.9 Å². The molecular weight excluding hydrogens is 1020 g/mol. The molecule has 2 saturated heterocycles. The lowest BCUT2D eigenvalue weighted by Gasteiger charge is -2.46. The summed E-state index contributed by atoms with van der Waals surface area (Å²) in [5.41, 5.74) is 0.677. The molecule has 1 spiro atoms. The Morgan fingerprint density at radius 3 is 2.12 bits per heavy atom. The maximum absolute atomic E-state index is 17.1. The van der Waals surface area contributed by atoms with Crippen molar-refractivity contribution in [3.63, 3.8) is 0 Å². The zero-order valence-electron chi connectivity index (χ0n) is 44.3. The number of amides is 3. The molecule has 17 nitrogen and oxygen atoms in total. The number of rotatable bonds is 12. The molecule has 1 aliphatic carbocycles. The van der Waals surface area contributed by atoms with Crippen molar-refractivity contribution in [3.8, 4) is 29.1 Å². The van der Waals surface area contributed by atoms with Crippen LogP contribution in [0.4, 0.5) is 16.2 Å². The molecule has 0 radical (unpaired) electrons. The van der Waals surface area contributed by atoms with Gasteiger partial charge in [-0.2, -0.15) is 0 Å². The van der Waals surface area contributed by atoms with Gasteiger partial charge in [-0.15, -0.1) is 0 Å². The fourth-order valence-corrected chi connectivity index (χ4v) is 12.7. The first kappa shape index (κ1) is 53.4. The number of nitro benzene ring substituents is 1. The summed E-state index contributed by atoms with van der Waals surface area (Å²) >= 11 is 0. The summed E-state index contributed by atoms with van der Waals surface area (Å²) in [6.45, 7) is -0.715. The van der Waals surface area contributed by atoms with E-state index in [0.29, 0.717) is 58.6 Å². The number of carbonyl (C=O) groups excluding carboxylic acids is 4. The summed E-state index contributed by atoms with van der Waals surface area (Å²) < 4.78 is 30.5. The zero-order valence-corrected chi connectivity index (χ0v) is 44.3. The minimum Gasteiger partial charge on any atom is -0.493 e. The third-order valence-electron chi connectivity index (χ3n) is 16.4. The number of para-hydroxylation sites is 1. The van der Waals surface area contributed by atoms with E-state index in [-0.39, 0.29) is 49.0 Å². The highest BCUT2D eigenvalue weighted by molar-refractivity contribution is 6.23. The SMILES string of the molecule is COc1cc2c(cc1OC)CN(C(=O)C1C3C(=O)OC(c4ccccc4)C(c4ccccc4)N3C(c3ccccc3OCCO)C13C(=O)N(C(=O)OCc1ccc([N+](=O)[O-])cc1)c1ccc(C#CC4(O)CCCCCC4)cc13)CC2. The zero-order chi connectivity index (χ0) is 55.7. The van der Waals surface area contributed by atoms with Crippen LogP contribution < -0.4 is 19.1 Å². The number of aliphatic hydroxyl groups is 2. The van der Waals surface area contributed by atoms with E-state index in [9.17, 15) is 20.3 Å². The van der Waals surface area contributed by atoms with E-state index in [0.717, 1.165) is 41.7 Å². The van der Waals surface area contributed by atoms with Crippen molar-refractivity contribution in [1.29, 1.82) is 0 Å². The lowest BCUT2D eigenvalue weighted by Crippen LogP contribution is -2.57. The van der Waals surface area contributed by atoms with Crippen molar-refractivity contribution < 1.29 is 58.0 Å². The van der Waals surface area contributed by atoms with Crippen LogP contribution in [-0.2, 0) is 48.8 Å². The minimum absolute atomic E-state index is 0.0463. The van der Waals surface area contributed by atoms with Gasteiger partial charge in [0.2, 0.25) is 11.8 Å². The summed E-state index contributed by atoms with van der Waals surface area (Å²) in [5, 5.41) is 33.7. The Morgan fingerprint density at radius 1 is 0.787 bits per heavy atom. The summed E-state index contributed by atoms with van der Waals surface area (Å²) in [4.78, 5) is 80.4. The summed E-state index contributed by atoms with van der Waals surface area (Å²) in [6, 6.07) is 36.0. The minimum atomic E-state index is -2.23.